The Labute approximate surface area is 149 Å². The number of hydrogen-bond donors (Lipinski definition) is 1. The lowest BCUT2D eigenvalue weighted by Crippen LogP contribution is -2.20. The van der Waals surface area contributed by atoms with Gasteiger partial charge in [0.15, 0.2) is 23.9 Å². The van der Waals surface area contributed by atoms with Crippen molar-refractivity contribution < 1.29 is 28.7 Å². The average molecular weight is 362 g/mol. The minimum Gasteiger partial charge on any atom is -0.496 e. The zero-order chi connectivity index (χ0) is 19.1. The van der Waals surface area contributed by atoms with Gasteiger partial charge in [0.25, 0.3) is 5.91 Å². The maximum Gasteiger partial charge on any atom is 0.314 e. The fraction of sp³-hybridized carbons (Fsp3) is 0.235. The number of carbonyl (C=O) groups excluding carboxylic acids is 1. The van der Waals surface area contributed by atoms with E-state index < -0.39 is 17.4 Å². The minimum atomic E-state index is -0.607. The van der Waals surface area contributed by atoms with Crippen LogP contribution >= 0.6 is 0 Å². The molecule has 1 amide bonds. The summed E-state index contributed by atoms with van der Waals surface area (Å²) in [5, 5.41) is 13.7. The molecule has 138 valence electrons. The molecule has 0 bridgehead atoms. The third-order valence-corrected chi connectivity index (χ3v) is 3.39. The SMILES string of the molecule is COc1ccc(OCC(=O)Nc2ccc(OC)c(OC)c2)c([N+](=O)[O-])c1. The summed E-state index contributed by atoms with van der Waals surface area (Å²) >= 11 is 0. The molecule has 0 unspecified atom stereocenters. The summed E-state index contributed by atoms with van der Waals surface area (Å²) in [6, 6.07) is 8.97. The van der Waals surface area contributed by atoms with E-state index in [1.165, 1.54) is 39.5 Å². The van der Waals surface area contributed by atoms with Crippen molar-refractivity contribution in [3.8, 4) is 23.0 Å². The molecule has 9 nitrogen and oxygen atoms in total. The molecule has 1 N–H and O–H groups in total. The molecule has 0 fully saturated rings. The fourth-order valence-corrected chi connectivity index (χ4v) is 2.14. The zero-order valence-corrected chi connectivity index (χ0v) is 14.5. The number of nitro benzene ring substituents is 1. The van der Waals surface area contributed by atoms with Crippen LogP contribution in [-0.2, 0) is 4.79 Å². The smallest absolute Gasteiger partial charge is 0.314 e. The Hall–Kier alpha value is -3.49. The van der Waals surface area contributed by atoms with E-state index in [4.69, 9.17) is 18.9 Å². The lowest BCUT2D eigenvalue weighted by Gasteiger charge is -2.11. The van der Waals surface area contributed by atoms with Gasteiger partial charge in [0, 0.05) is 11.8 Å². The summed E-state index contributed by atoms with van der Waals surface area (Å²) in [5.41, 5.74) is 0.184. The standard InChI is InChI=1S/C17H18N2O7/c1-23-12-5-7-14(13(9-12)19(21)22)26-10-17(20)18-11-4-6-15(24-2)16(8-11)25-3/h4-9H,10H2,1-3H3,(H,18,20). The lowest BCUT2D eigenvalue weighted by molar-refractivity contribution is -0.385. The van der Waals surface area contributed by atoms with Crippen molar-refractivity contribution in [1.29, 1.82) is 0 Å². The molecule has 0 aliphatic rings. The number of nitro groups is 1. The Balaban J connectivity index is 2.04. The van der Waals surface area contributed by atoms with Gasteiger partial charge in [-0.15, -0.1) is 0 Å². The first-order valence-electron chi connectivity index (χ1n) is 7.45. The summed E-state index contributed by atoms with van der Waals surface area (Å²) in [6.45, 7) is -0.401. The van der Waals surface area contributed by atoms with E-state index in [0.717, 1.165) is 0 Å². The van der Waals surface area contributed by atoms with Crippen molar-refractivity contribution in [2.75, 3.05) is 33.3 Å². The van der Waals surface area contributed by atoms with E-state index in [2.05, 4.69) is 5.32 Å². The minimum absolute atomic E-state index is 0.0294. The number of amides is 1. The first-order valence-corrected chi connectivity index (χ1v) is 7.45. The van der Waals surface area contributed by atoms with Crippen molar-refractivity contribution in [3.05, 3.63) is 46.5 Å². The van der Waals surface area contributed by atoms with Crippen LogP contribution in [0.25, 0.3) is 0 Å². The molecule has 0 radical (unpaired) electrons. The molecule has 0 aliphatic heterocycles. The van der Waals surface area contributed by atoms with E-state index in [9.17, 15) is 14.9 Å². The molecule has 2 rings (SSSR count). The summed E-state index contributed by atoms with van der Waals surface area (Å²) in [7, 11) is 4.39. The van der Waals surface area contributed by atoms with Gasteiger partial charge in [0.1, 0.15) is 5.75 Å². The van der Waals surface area contributed by atoms with Gasteiger partial charge < -0.3 is 24.3 Å². The quantitative estimate of drug-likeness (QED) is 0.568. The largest absolute Gasteiger partial charge is 0.496 e. The number of methoxy groups -OCH3 is 3. The highest BCUT2D eigenvalue weighted by Crippen LogP contribution is 2.31. The van der Waals surface area contributed by atoms with Gasteiger partial charge in [-0.25, -0.2) is 0 Å². The Bertz CT molecular complexity index is 808. The molecule has 0 saturated carbocycles. The molecule has 2 aromatic carbocycles. The van der Waals surface area contributed by atoms with E-state index in [1.54, 1.807) is 18.2 Å². The van der Waals surface area contributed by atoms with Crippen molar-refractivity contribution in [2.45, 2.75) is 0 Å². The molecule has 0 aliphatic carbocycles. The van der Waals surface area contributed by atoms with Crippen LogP contribution in [-0.4, -0.2) is 38.8 Å². The Kier molecular flexibility index (Phi) is 6.20. The molecule has 26 heavy (non-hydrogen) atoms. The third kappa shape index (κ3) is 4.53. The van der Waals surface area contributed by atoms with Gasteiger partial charge in [-0.1, -0.05) is 0 Å². The van der Waals surface area contributed by atoms with Crippen molar-refractivity contribution >= 4 is 17.3 Å². The van der Waals surface area contributed by atoms with Crippen LogP contribution in [0.3, 0.4) is 0 Å². The maximum absolute atomic E-state index is 12.0. The predicted octanol–water partition coefficient (Wildman–Crippen LogP) is 2.64. The summed E-state index contributed by atoms with van der Waals surface area (Å²) in [4.78, 5) is 22.5. The zero-order valence-electron chi connectivity index (χ0n) is 14.5. The van der Waals surface area contributed by atoms with Gasteiger partial charge in [0.2, 0.25) is 0 Å². The number of nitrogens with zero attached hydrogens (tertiary/aromatic N) is 1. The van der Waals surface area contributed by atoms with E-state index in [-0.39, 0.29) is 11.4 Å². The van der Waals surface area contributed by atoms with Crippen LogP contribution < -0.4 is 24.3 Å². The molecule has 0 heterocycles. The number of carbonyl (C=O) groups is 1. The van der Waals surface area contributed by atoms with E-state index in [0.29, 0.717) is 22.9 Å². The topological polar surface area (TPSA) is 109 Å². The molecular weight excluding hydrogens is 344 g/mol. The highest BCUT2D eigenvalue weighted by Gasteiger charge is 2.18. The average Bonchev–Trinajstić information content (AvgIpc) is 2.65. The molecular formula is C17H18N2O7. The third-order valence-electron chi connectivity index (χ3n) is 3.39. The van der Waals surface area contributed by atoms with Crippen molar-refractivity contribution in [3.63, 3.8) is 0 Å². The summed E-state index contributed by atoms with van der Waals surface area (Å²) in [5.74, 6) is 0.784. The normalized spacial score (nSPS) is 9.96. The number of hydrogen-bond acceptors (Lipinski definition) is 7. The van der Waals surface area contributed by atoms with Crippen LogP contribution in [0.15, 0.2) is 36.4 Å². The van der Waals surface area contributed by atoms with Crippen LogP contribution in [0.1, 0.15) is 0 Å². The number of anilines is 1. The van der Waals surface area contributed by atoms with E-state index >= 15 is 0 Å². The van der Waals surface area contributed by atoms with Gasteiger partial charge in [-0.05, 0) is 24.3 Å². The molecule has 0 aromatic heterocycles. The summed E-state index contributed by atoms with van der Waals surface area (Å²) < 4.78 is 20.5. The molecule has 0 spiro atoms. The van der Waals surface area contributed by atoms with Crippen molar-refractivity contribution in [2.24, 2.45) is 0 Å². The number of benzene rings is 2. The van der Waals surface area contributed by atoms with E-state index in [1.807, 2.05) is 0 Å². The van der Waals surface area contributed by atoms with Gasteiger partial charge >= 0.3 is 5.69 Å². The number of rotatable bonds is 8. The molecule has 9 heteroatoms. The van der Waals surface area contributed by atoms with Crippen LogP contribution in [0, 0.1) is 10.1 Å². The lowest BCUT2D eigenvalue weighted by atomic mass is 10.2. The molecule has 0 saturated heterocycles. The van der Waals surface area contributed by atoms with Crippen LogP contribution in [0.5, 0.6) is 23.0 Å². The second kappa shape index (κ2) is 8.56. The maximum atomic E-state index is 12.0. The van der Waals surface area contributed by atoms with Gasteiger partial charge in [-0.3, -0.25) is 14.9 Å². The van der Waals surface area contributed by atoms with Crippen LogP contribution in [0.4, 0.5) is 11.4 Å². The first kappa shape index (κ1) is 18.8. The molecule has 0 atom stereocenters. The summed E-state index contributed by atoms with van der Waals surface area (Å²) in [6.07, 6.45) is 0. The monoisotopic (exact) mass is 362 g/mol. The van der Waals surface area contributed by atoms with Gasteiger partial charge in [0.05, 0.1) is 32.3 Å². The Morgan fingerprint density at radius 1 is 1.00 bits per heavy atom. The fourth-order valence-electron chi connectivity index (χ4n) is 2.14. The molecule has 2 aromatic rings. The highest BCUT2D eigenvalue weighted by atomic mass is 16.6. The number of nitrogens with one attached hydrogen (secondary N) is 1. The van der Waals surface area contributed by atoms with Gasteiger partial charge in [-0.2, -0.15) is 0 Å². The predicted molar refractivity (Wildman–Crippen MR) is 93.3 cm³/mol. The van der Waals surface area contributed by atoms with Crippen molar-refractivity contribution in [1.82, 2.24) is 0 Å². The van der Waals surface area contributed by atoms with Crippen LogP contribution in [0.2, 0.25) is 0 Å². The Morgan fingerprint density at radius 2 is 1.69 bits per heavy atom. The number of ether oxygens (including phenoxy) is 4. The second-order valence-corrected chi connectivity index (χ2v) is 5.00. The highest BCUT2D eigenvalue weighted by molar-refractivity contribution is 5.92. The second-order valence-electron chi connectivity index (χ2n) is 5.00. The first-order chi connectivity index (χ1) is 12.5. The Morgan fingerprint density at radius 3 is 2.31 bits per heavy atom.